The Kier molecular flexibility index (Phi) is 2.09. The van der Waals surface area contributed by atoms with Crippen molar-refractivity contribution in [2.75, 3.05) is 0 Å². The van der Waals surface area contributed by atoms with Crippen LogP contribution in [-0.4, -0.2) is 27.6 Å². The quantitative estimate of drug-likeness (QED) is 0.368. The normalized spacial score (nSPS) is 16.0. The van der Waals surface area contributed by atoms with E-state index in [2.05, 4.69) is 0 Å². The van der Waals surface area contributed by atoms with Gasteiger partial charge in [-0.15, -0.1) is 0 Å². The zero-order valence-corrected chi connectivity index (χ0v) is 3.02. The summed E-state index contributed by atoms with van der Waals surface area (Å²) in [5.74, 6) is 0. The van der Waals surface area contributed by atoms with Crippen LogP contribution in [0.4, 0.5) is 0 Å². The molecule has 0 saturated carbocycles. The van der Waals surface area contributed by atoms with Crippen LogP contribution in [0.5, 0.6) is 0 Å². The van der Waals surface area contributed by atoms with Crippen LogP contribution in [-0.2, 0) is 0 Å². The zero-order valence-electron chi connectivity index (χ0n) is 3.02. The number of hydrogen-bond donors (Lipinski definition) is 1. The molecular formula is C2H5LiO. The third-order valence-corrected chi connectivity index (χ3v) is 0. The molecule has 0 heterocycles. The Morgan fingerprint density at radius 3 is 2.00 bits per heavy atom. The molecule has 4 heavy (non-hydrogen) atoms. The standard InChI is InChI=1S/C2H5O.Li/c1-2-3;/h2-3H,1H3;. The van der Waals surface area contributed by atoms with E-state index >= 15 is 0 Å². The Hall–Kier alpha value is 0.557. The molecular weight excluding hydrogens is 47.0 g/mol. The molecule has 0 aromatic heterocycles. The second-order valence-electron chi connectivity index (χ2n) is 1.09. The zero-order chi connectivity index (χ0) is 3.58. The fraction of sp³-hybridized carbons (Fsp3) is 1.00. The van der Waals surface area contributed by atoms with E-state index in [0.29, 0.717) is 0 Å². The molecule has 0 aromatic carbocycles. The van der Waals surface area contributed by atoms with Crippen LogP contribution < -0.4 is 0 Å². The molecule has 0 spiro atoms. The first kappa shape index (κ1) is 4.56. The third kappa shape index (κ3) is 20.0. The third-order valence-electron chi connectivity index (χ3n) is 0. The molecule has 1 atom stereocenters. The molecule has 0 aliphatic heterocycles. The van der Waals surface area contributed by atoms with Gasteiger partial charge in [0.15, 0.2) is 0 Å². The van der Waals surface area contributed by atoms with E-state index in [4.69, 9.17) is 5.11 Å². The van der Waals surface area contributed by atoms with Crippen LogP contribution >= 0.6 is 0 Å². The van der Waals surface area contributed by atoms with Gasteiger partial charge in [-0.1, -0.05) is 0 Å². The van der Waals surface area contributed by atoms with E-state index in [-0.39, 0.29) is 4.78 Å². The van der Waals surface area contributed by atoms with Crippen molar-refractivity contribution in [1.82, 2.24) is 0 Å². The van der Waals surface area contributed by atoms with Crippen molar-refractivity contribution in [1.29, 1.82) is 0 Å². The van der Waals surface area contributed by atoms with Crippen LogP contribution in [0.15, 0.2) is 0 Å². The Bertz CT molecular complexity index is 10.8. The summed E-state index contributed by atoms with van der Waals surface area (Å²) in [6, 6.07) is 0. The minimum absolute atomic E-state index is 0.167. The van der Waals surface area contributed by atoms with Crippen molar-refractivity contribution in [3.05, 3.63) is 0 Å². The maximum absolute atomic E-state index is 8.06. The number of aliphatic hydroxyl groups is 1. The number of aliphatic hydroxyl groups excluding tert-OH is 1. The van der Waals surface area contributed by atoms with Crippen molar-refractivity contribution in [2.24, 2.45) is 0 Å². The average Bonchev–Trinajstić information content (AvgIpc) is 0.811. The first-order valence-electron chi connectivity index (χ1n) is 1.41. The van der Waals surface area contributed by atoms with E-state index in [9.17, 15) is 0 Å². The average molecular weight is 52.0 g/mol. The molecule has 0 radical (unpaired) electrons. The second kappa shape index (κ2) is 1.84. The van der Waals surface area contributed by atoms with Crippen molar-refractivity contribution >= 4 is 17.7 Å². The van der Waals surface area contributed by atoms with Crippen molar-refractivity contribution in [3.8, 4) is 0 Å². The monoisotopic (exact) mass is 52.1 g/mol. The molecule has 0 bridgehead atoms. The van der Waals surface area contributed by atoms with Gasteiger partial charge in [0, 0.05) is 0 Å². The molecule has 0 aliphatic carbocycles. The van der Waals surface area contributed by atoms with Gasteiger partial charge in [0.25, 0.3) is 0 Å². The van der Waals surface area contributed by atoms with Gasteiger partial charge in [0.2, 0.25) is 0 Å². The first-order valence-corrected chi connectivity index (χ1v) is 1.41. The molecule has 0 rings (SSSR count). The van der Waals surface area contributed by atoms with Gasteiger partial charge in [0.05, 0.1) is 0 Å². The number of hydrogen-bond acceptors (Lipinski definition) is 1. The molecule has 0 amide bonds. The first-order chi connectivity index (χ1) is 1.73. The summed E-state index contributed by atoms with van der Waals surface area (Å²) in [7, 11) is 0. The Balaban J connectivity index is 2.32. The Labute approximate surface area is 35.2 Å². The van der Waals surface area contributed by atoms with Crippen LogP contribution in [0.2, 0.25) is 0 Å². The van der Waals surface area contributed by atoms with Gasteiger partial charge < -0.3 is 0 Å². The topological polar surface area (TPSA) is 20.2 Å². The van der Waals surface area contributed by atoms with Gasteiger partial charge in [-0.05, 0) is 0 Å². The van der Waals surface area contributed by atoms with Crippen molar-refractivity contribution in [3.63, 3.8) is 0 Å². The van der Waals surface area contributed by atoms with E-state index in [0.717, 1.165) is 0 Å². The Morgan fingerprint density at radius 2 is 2.00 bits per heavy atom. The SMILES string of the molecule is [Li][CH](C)O. The second-order valence-corrected chi connectivity index (χ2v) is 1.09. The summed E-state index contributed by atoms with van der Waals surface area (Å²) in [5, 5.41) is 8.06. The van der Waals surface area contributed by atoms with Gasteiger partial charge >= 0.3 is 34.5 Å². The van der Waals surface area contributed by atoms with Crippen LogP contribution in [0, 0.1) is 0 Å². The van der Waals surface area contributed by atoms with Gasteiger partial charge in [0.1, 0.15) is 0 Å². The van der Waals surface area contributed by atoms with Crippen LogP contribution in [0.25, 0.3) is 0 Å². The molecule has 0 aliphatic rings. The van der Waals surface area contributed by atoms with Gasteiger partial charge in [-0.3, -0.25) is 0 Å². The van der Waals surface area contributed by atoms with E-state index in [1.165, 1.54) is 0 Å². The molecule has 0 saturated heterocycles. The minimum atomic E-state index is -0.167. The van der Waals surface area contributed by atoms with E-state index in [1.54, 1.807) is 24.6 Å². The van der Waals surface area contributed by atoms with Crippen molar-refractivity contribution < 1.29 is 5.11 Å². The van der Waals surface area contributed by atoms with Gasteiger partial charge in [-0.2, -0.15) is 0 Å². The molecule has 20 valence electrons. The van der Waals surface area contributed by atoms with E-state index < -0.39 is 0 Å². The molecule has 2 heteroatoms. The number of rotatable bonds is 0. The molecule has 0 fully saturated rings. The summed E-state index contributed by atoms with van der Waals surface area (Å²) < 4.78 is -0.167. The fourth-order valence-corrected chi connectivity index (χ4v) is 0. The predicted octanol–water partition coefficient (Wildman–Crippen LogP) is -0.507. The summed E-state index contributed by atoms with van der Waals surface area (Å²) in [4.78, 5) is 0. The molecule has 0 aromatic rings. The Morgan fingerprint density at radius 1 is 2.00 bits per heavy atom. The van der Waals surface area contributed by atoms with Crippen LogP contribution in [0.1, 0.15) is 6.92 Å². The van der Waals surface area contributed by atoms with Gasteiger partial charge in [-0.25, -0.2) is 0 Å². The maximum atomic E-state index is 8.06. The molecule has 1 unspecified atom stereocenters. The molecule has 1 N–H and O–H groups in total. The van der Waals surface area contributed by atoms with E-state index in [1.807, 2.05) is 0 Å². The van der Waals surface area contributed by atoms with Crippen LogP contribution in [0.3, 0.4) is 0 Å². The van der Waals surface area contributed by atoms with Crippen molar-refractivity contribution in [2.45, 2.75) is 11.7 Å². The fourth-order valence-electron chi connectivity index (χ4n) is 0. The summed E-state index contributed by atoms with van der Waals surface area (Å²) in [6.07, 6.45) is 0. The molecule has 1 nitrogen and oxygen atoms in total. The summed E-state index contributed by atoms with van der Waals surface area (Å²) in [6.45, 7) is 1.72. The summed E-state index contributed by atoms with van der Waals surface area (Å²) >= 11 is 1.72. The summed E-state index contributed by atoms with van der Waals surface area (Å²) in [5.41, 5.74) is 0. The predicted molar refractivity (Wildman–Crippen MR) is 17.4 cm³/mol.